The zero-order chi connectivity index (χ0) is 23.3. The fourth-order valence-corrected chi connectivity index (χ4v) is 3.78. The van der Waals surface area contributed by atoms with Crippen LogP contribution in [0.5, 0.6) is 0 Å². The maximum atomic E-state index is 8.12. The van der Waals surface area contributed by atoms with Crippen molar-refractivity contribution < 1.29 is 9.59 Å². The summed E-state index contributed by atoms with van der Waals surface area (Å²) in [5.74, 6) is 1.76. The number of nitrogens with zero attached hydrogens (tertiary/aromatic N) is 6. The highest BCUT2D eigenvalue weighted by molar-refractivity contribution is 6.30. The Morgan fingerprint density at radius 2 is 1.59 bits per heavy atom. The van der Waals surface area contributed by atoms with Crippen molar-refractivity contribution in [2.75, 3.05) is 36.0 Å². The molecule has 0 spiro atoms. The molecule has 4 rings (SSSR count). The average molecular weight is 453 g/mol. The summed E-state index contributed by atoms with van der Waals surface area (Å²) < 4.78 is 0. The quantitative estimate of drug-likeness (QED) is 0.595. The number of aryl methyl sites for hydroxylation is 2. The standard InChI is InChI=1S/C22H25ClN6.CO2/c1-14-13-24-22(25-17(14)4)29-10-8-28(9-11-29)21-16(3)15(2)20(26-27-21)18-6-5-7-19(23)12-18;2-1-3/h5-7,12-13H,8-11H2,1-4H3;. The fraction of sp³-hybridized carbons (Fsp3) is 0.348. The maximum Gasteiger partial charge on any atom is 0.373 e. The zero-order valence-electron chi connectivity index (χ0n) is 18.6. The van der Waals surface area contributed by atoms with E-state index in [0.717, 1.165) is 71.6 Å². The average Bonchev–Trinajstić information content (AvgIpc) is 2.78. The van der Waals surface area contributed by atoms with Gasteiger partial charge >= 0.3 is 6.15 Å². The van der Waals surface area contributed by atoms with Crippen molar-refractivity contribution in [3.05, 3.63) is 57.9 Å². The predicted octanol–water partition coefficient (Wildman–Crippen LogP) is 3.56. The Balaban J connectivity index is 0.000000913. The number of piperazine rings is 1. The van der Waals surface area contributed by atoms with E-state index in [4.69, 9.17) is 21.2 Å². The van der Waals surface area contributed by atoms with Crippen LogP contribution in [0.1, 0.15) is 22.4 Å². The SMILES string of the molecule is Cc1cnc(N2CCN(c3nnc(-c4cccc(Cl)c4)c(C)c3C)CC2)nc1C.O=C=O. The summed E-state index contributed by atoms with van der Waals surface area (Å²) >= 11 is 6.15. The number of hydrogen-bond donors (Lipinski definition) is 0. The molecule has 3 aromatic rings. The molecule has 2 aromatic heterocycles. The molecular weight excluding hydrogens is 428 g/mol. The first-order chi connectivity index (χ1) is 15.3. The molecule has 0 unspecified atom stereocenters. The molecule has 0 aliphatic carbocycles. The first kappa shape index (κ1) is 23.3. The Bertz CT molecular complexity index is 1140. The van der Waals surface area contributed by atoms with Crippen molar-refractivity contribution >= 4 is 29.5 Å². The van der Waals surface area contributed by atoms with E-state index in [1.807, 2.05) is 44.3 Å². The van der Waals surface area contributed by atoms with Crippen molar-refractivity contribution in [2.45, 2.75) is 27.7 Å². The fourth-order valence-electron chi connectivity index (χ4n) is 3.59. The van der Waals surface area contributed by atoms with Crippen molar-refractivity contribution in [1.82, 2.24) is 20.2 Å². The Hall–Kier alpha value is -3.35. The smallest absolute Gasteiger partial charge is 0.351 e. The highest BCUT2D eigenvalue weighted by Crippen LogP contribution is 2.29. The molecule has 0 amide bonds. The van der Waals surface area contributed by atoms with Crippen LogP contribution in [0.2, 0.25) is 5.02 Å². The van der Waals surface area contributed by atoms with E-state index < -0.39 is 0 Å². The lowest BCUT2D eigenvalue weighted by atomic mass is 10.0. The summed E-state index contributed by atoms with van der Waals surface area (Å²) in [4.78, 5) is 29.9. The normalized spacial score (nSPS) is 13.3. The molecule has 32 heavy (non-hydrogen) atoms. The van der Waals surface area contributed by atoms with Crippen LogP contribution in [0.25, 0.3) is 11.3 Å². The largest absolute Gasteiger partial charge is 0.373 e. The van der Waals surface area contributed by atoms with E-state index in [9.17, 15) is 0 Å². The molecule has 0 saturated carbocycles. The second kappa shape index (κ2) is 10.3. The Morgan fingerprint density at radius 1 is 0.938 bits per heavy atom. The van der Waals surface area contributed by atoms with Gasteiger partial charge in [0.25, 0.3) is 0 Å². The molecule has 3 heterocycles. The van der Waals surface area contributed by atoms with Crippen LogP contribution in [0.4, 0.5) is 11.8 Å². The van der Waals surface area contributed by atoms with Gasteiger partial charge < -0.3 is 9.80 Å². The van der Waals surface area contributed by atoms with Crippen LogP contribution in [-0.4, -0.2) is 52.5 Å². The van der Waals surface area contributed by atoms with E-state index in [0.29, 0.717) is 5.02 Å². The molecule has 0 bridgehead atoms. The summed E-state index contributed by atoms with van der Waals surface area (Å²) in [6, 6.07) is 7.76. The molecule has 1 fully saturated rings. The summed E-state index contributed by atoms with van der Waals surface area (Å²) in [5, 5.41) is 9.81. The number of benzene rings is 1. The van der Waals surface area contributed by atoms with Gasteiger partial charge in [0.05, 0.1) is 5.69 Å². The number of anilines is 2. The van der Waals surface area contributed by atoms with Gasteiger partial charge in [0.15, 0.2) is 5.82 Å². The molecule has 1 aliphatic rings. The lowest BCUT2D eigenvalue weighted by Gasteiger charge is -2.36. The van der Waals surface area contributed by atoms with Crippen molar-refractivity contribution in [3.8, 4) is 11.3 Å². The second-order valence-electron chi connectivity index (χ2n) is 7.63. The van der Waals surface area contributed by atoms with Gasteiger partial charge in [-0.1, -0.05) is 23.7 Å². The lowest BCUT2D eigenvalue weighted by Crippen LogP contribution is -2.47. The first-order valence-electron chi connectivity index (χ1n) is 10.2. The number of aromatic nitrogens is 4. The molecule has 1 aliphatic heterocycles. The van der Waals surface area contributed by atoms with Gasteiger partial charge in [-0.15, -0.1) is 10.2 Å². The van der Waals surface area contributed by atoms with Gasteiger partial charge in [0.1, 0.15) is 0 Å². The number of hydrogen-bond acceptors (Lipinski definition) is 8. The molecule has 0 atom stereocenters. The topological polar surface area (TPSA) is 92.2 Å². The zero-order valence-corrected chi connectivity index (χ0v) is 19.3. The maximum absolute atomic E-state index is 8.12. The van der Waals surface area contributed by atoms with Gasteiger partial charge in [0, 0.05) is 48.7 Å². The van der Waals surface area contributed by atoms with E-state index in [1.54, 1.807) is 0 Å². The molecular formula is C23H25ClN6O2. The van der Waals surface area contributed by atoms with Crippen molar-refractivity contribution in [3.63, 3.8) is 0 Å². The number of carbonyl (C=O) groups excluding carboxylic acids is 2. The van der Waals surface area contributed by atoms with Crippen LogP contribution in [0.15, 0.2) is 30.5 Å². The Labute approximate surface area is 192 Å². The highest BCUT2D eigenvalue weighted by atomic mass is 35.5. The predicted molar refractivity (Wildman–Crippen MR) is 123 cm³/mol. The van der Waals surface area contributed by atoms with E-state index in [1.165, 1.54) is 0 Å². The Morgan fingerprint density at radius 3 is 2.22 bits per heavy atom. The second-order valence-corrected chi connectivity index (χ2v) is 8.06. The number of halogens is 1. The molecule has 8 nitrogen and oxygen atoms in total. The molecule has 1 aromatic carbocycles. The van der Waals surface area contributed by atoms with Crippen LogP contribution in [0, 0.1) is 27.7 Å². The molecule has 0 N–H and O–H groups in total. The summed E-state index contributed by atoms with van der Waals surface area (Å²) in [6.07, 6.45) is 2.15. The minimum absolute atomic E-state index is 0.250. The van der Waals surface area contributed by atoms with Crippen LogP contribution in [-0.2, 0) is 9.59 Å². The molecule has 1 saturated heterocycles. The van der Waals surface area contributed by atoms with E-state index in [2.05, 4.69) is 43.8 Å². The van der Waals surface area contributed by atoms with Crippen molar-refractivity contribution in [1.29, 1.82) is 0 Å². The van der Waals surface area contributed by atoms with Gasteiger partial charge in [-0.05, 0) is 56.5 Å². The van der Waals surface area contributed by atoms with Gasteiger partial charge in [-0.3, -0.25) is 0 Å². The van der Waals surface area contributed by atoms with Crippen LogP contribution in [0.3, 0.4) is 0 Å². The first-order valence-corrected chi connectivity index (χ1v) is 10.6. The van der Waals surface area contributed by atoms with Gasteiger partial charge in [0.2, 0.25) is 5.95 Å². The third-order valence-electron chi connectivity index (χ3n) is 5.67. The van der Waals surface area contributed by atoms with Gasteiger partial charge in [-0.2, -0.15) is 9.59 Å². The van der Waals surface area contributed by atoms with Crippen LogP contribution >= 0.6 is 11.6 Å². The van der Waals surface area contributed by atoms with Crippen molar-refractivity contribution in [2.24, 2.45) is 0 Å². The summed E-state index contributed by atoms with van der Waals surface area (Å²) in [7, 11) is 0. The minimum Gasteiger partial charge on any atom is -0.351 e. The summed E-state index contributed by atoms with van der Waals surface area (Å²) in [5.41, 5.74) is 6.33. The monoisotopic (exact) mass is 452 g/mol. The molecule has 9 heteroatoms. The minimum atomic E-state index is 0.250. The molecule has 166 valence electrons. The lowest BCUT2D eigenvalue weighted by molar-refractivity contribution is -0.191. The third-order valence-corrected chi connectivity index (χ3v) is 5.91. The highest BCUT2D eigenvalue weighted by Gasteiger charge is 2.23. The third kappa shape index (κ3) is 5.10. The number of rotatable bonds is 3. The van der Waals surface area contributed by atoms with E-state index >= 15 is 0 Å². The molecule has 0 radical (unpaired) electrons. The summed E-state index contributed by atoms with van der Waals surface area (Å²) in [6.45, 7) is 11.7. The van der Waals surface area contributed by atoms with E-state index in [-0.39, 0.29) is 6.15 Å². The van der Waals surface area contributed by atoms with Gasteiger partial charge in [-0.25, -0.2) is 9.97 Å². The van der Waals surface area contributed by atoms with Crippen LogP contribution < -0.4 is 9.80 Å². The Kier molecular flexibility index (Phi) is 7.51.